The van der Waals surface area contributed by atoms with Gasteiger partial charge in [0.2, 0.25) is 0 Å². The first-order valence-corrected chi connectivity index (χ1v) is 22.6. The average Bonchev–Trinajstić information content (AvgIpc) is 4.11. The van der Waals surface area contributed by atoms with Gasteiger partial charge in [-0.05, 0) is 164 Å². The maximum Gasteiger partial charge on any atom is 0.178 e. The van der Waals surface area contributed by atoms with Gasteiger partial charge in [0.05, 0.1) is 0 Å². The molecule has 15 rings (SSSR count). The summed E-state index contributed by atoms with van der Waals surface area (Å²) in [6.07, 6.45) is 0. The summed E-state index contributed by atoms with van der Waals surface area (Å²) in [5.74, 6) is 0.423. The largest absolute Gasteiger partial charge is 0.452 e. The number of fused-ring (bicyclic) bond motifs is 18. The van der Waals surface area contributed by atoms with Crippen LogP contribution in [0.1, 0.15) is 25.3 Å². The quantitative estimate of drug-likeness (QED) is 0.177. The zero-order valence-electron chi connectivity index (χ0n) is 36.0. The number of furan rings is 4. The number of rotatable bonds is 4. The molecule has 5 nitrogen and oxygen atoms in total. The highest BCUT2D eigenvalue weighted by atomic mass is 16.4. The molecule has 0 unspecified atom stereocenters. The molecule has 0 radical (unpaired) electrons. The van der Waals surface area contributed by atoms with Gasteiger partial charge >= 0.3 is 0 Å². The SMILES string of the molecule is CC(C)c1ccc(N(c2ccc3cc4c(cc3c2)oc2c4ccc3c4cc5ccccc5cc4oc32)c2ccc3cc4c(cc3c2)oc2c4ccc3c4cc5ccccc5cc4oc32)cc1. The Morgan fingerprint density at radius 1 is 0.288 bits per heavy atom. The van der Waals surface area contributed by atoms with Crippen LogP contribution in [0.5, 0.6) is 0 Å². The van der Waals surface area contributed by atoms with Crippen molar-refractivity contribution in [2.24, 2.45) is 0 Å². The molecule has 310 valence electrons. The Kier molecular flexibility index (Phi) is 7.08. The molecule has 0 N–H and O–H groups in total. The van der Waals surface area contributed by atoms with E-state index in [1.54, 1.807) is 0 Å². The lowest BCUT2D eigenvalue weighted by atomic mass is 10.0. The standard InChI is InChI=1S/C61H37NO4/c1-33(2)34-11-15-43(16-12-34)62(44-17-13-39-27-52-48-21-19-46-50-25-35-7-3-5-9-37(35)29-54(50)63-58(46)60(48)65-56(52)31-41(39)23-44)45-18-14-40-28-53-49-22-20-47-51-26-36-8-4-6-10-38(36)30-55(51)64-59(47)61(49)66-57(53)32-42(40)24-45/h3-33H,1-2H3. The first kappa shape index (κ1) is 35.9. The summed E-state index contributed by atoms with van der Waals surface area (Å²) in [7, 11) is 0. The molecular formula is C61H37NO4. The van der Waals surface area contributed by atoms with Gasteiger partial charge in [0.25, 0.3) is 0 Å². The third-order valence-electron chi connectivity index (χ3n) is 14.1. The highest BCUT2D eigenvalue weighted by molar-refractivity contribution is 6.23. The minimum absolute atomic E-state index is 0.423. The lowest BCUT2D eigenvalue weighted by Gasteiger charge is -2.26. The van der Waals surface area contributed by atoms with Crippen LogP contribution >= 0.6 is 0 Å². The molecule has 0 saturated carbocycles. The van der Waals surface area contributed by atoms with Crippen molar-refractivity contribution in [1.29, 1.82) is 0 Å². The van der Waals surface area contributed by atoms with Gasteiger partial charge in [-0.15, -0.1) is 0 Å². The molecule has 4 heterocycles. The Morgan fingerprint density at radius 3 is 0.970 bits per heavy atom. The highest BCUT2D eigenvalue weighted by Crippen LogP contribution is 2.45. The van der Waals surface area contributed by atoms with E-state index in [2.05, 4.69) is 201 Å². The van der Waals surface area contributed by atoms with Gasteiger partial charge in [-0.1, -0.05) is 86.6 Å². The first-order valence-electron chi connectivity index (χ1n) is 22.6. The summed E-state index contributed by atoms with van der Waals surface area (Å²) >= 11 is 0. The second-order valence-electron chi connectivity index (χ2n) is 18.3. The van der Waals surface area contributed by atoms with Crippen LogP contribution in [0.4, 0.5) is 17.1 Å². The summed E-state index contributed by atoms with van der Waals surface area (Å²) in [4.78, 5) is 2.35. The normalized spacial score (nSPS) is 12.5. The van der Waals surface area contributed by atoms with Gasteiger partial charge in [-0.3, -0.25) is 0 Å². The zero-order valence-corrected chi connectivity index (χ0v) is 36.0. The van der Waals surface area contributed by atoms with Gasteiger partial charge < -0.3 is 22.6 Å². The molecule has 11 aromatic carbocycles. The zero-order chi connectivity index (χ0) is 43.4. The van der Waals surface area contributed by atoms with Crippen LogP contribution in [0.3, 0.4) is 0 Å². The Labute approximate surface area is 376 Å². The Balaban J connectivity index is 0.873. The molecule has 0 aliphatic carbocycles. The van der Waals surface area contributed by atoms with Crippen LogP contribution < -0.4 is 4.90 Å². The van der Waals surface area contributed by atoms with Gasteiger partial charge in [0.1, 0.15) is 22.3 Å². The predicted molar refractivity (Wildman–Crippen MR) is 274 cm³/mol. The van der Waals surface area contributed by atoms with E-state index in [-0.39, 0.29) is 0 Å². The molecule has 4 aromatic heterocycles. The fourth-order valence-electron chi connectivity index (χ4n) is 10.7. The summed E-state index contributed by atoms with van der Waals surface area (Å²) in [6.45, 7) is 4.47. The van der Waals surface area contributed by atoms with Crippen molar-refractivity contribution < 1.29 is 17.7 Å². The molecule has 0 saturated heterocycles. The lowest BCUT2D eigenvalue weighted by molar-refractivity contribution is 0.634. The number of hydrogen-bond donors (Lipinski definition) is 0. The molecule has 0 aliphatic heterocycles. The van der Waals surface area contributed by atoms with Crippen LogP contribution in [0, 0.1) is 0 Å². The Hall–Kier alpha value is -8.54. The van der Waals surface area contributed by atoms with Crippen molar-refractivity contribution in [3.8, 4) is 0 Å². The average molecular weight is 848 g/mol. The highest BCUT2D eigenvalue weighted by Gasteiger charge is 2.21. The maximum atomic E-state index is 6.74. The van der Waals surface area contributed by atoms with E-state index >= 15 is 0 Å². The molecular weight excluding hydrogens is 811 g/mol. The molecule has 0 amide bonds. The smallest absolute Gasteiger partial charge is 0.178 e. The van der Waals surface area contributed by atoms with Crippen molar-refractivity contribution in [3.63, 3.8) is 0 Å². The summed E-state index contributed by atoms with van der Waals surface area (Å²) in [6, 6.07) is 65.5. The van der Waals surface area contributed by atoms with Crippen molar-refractivity contribution >= 4 is 148 Å². The molecule has 0 bridgehead atoms. The van der Waals surface area contributed by atoms with Crippen molar-refractivity contribution in [2.45, 2.75) is 19.8 Å². The second-order valence-corrected chi connectivity index (χ2v) is 18.3. The fraction of sp³-hybridized carbons (Fsp3) is 0.0492. The van der Waals surface area contributed by atoms with Crippen LogP contribution in [0.25, 0.3) is 131 Å². The summed E-state index contributed by atoms with van der Waals surface area (Å²) in [5.41, 5.74) is 11.0. The minimum Gasteiger partial charge on any atom is -0.452 e. The van der Waals surface area contributed by atoms with Crippen LogP contribution in [-0.4, -0.2) is 0 Å². The molecule has 0 aliphatic rings. The van der Waals surface area contributed by atoms with E-state index in [1.165, 1.54) is 16.3 Å². The number of hydrogen-bond acceptors (Lipinski definition) is 5. The minimum atomic E-state index is 0.423. The summed E-state index contributed by atoms with van der Waals surface area (Å²) < 4.78 is 26.6. The molecule has 0 fully saturated rings. The van der Waals surface area contributed by atoms with Crippen LogP contribution in [-0.2, 0) is 0 Å². The maximum absolute atomic E-state index is 6.74. The molecule has 0 spiro atoms. The summed E-state index contributed by atoms with van der Waals surface area (Å²) in [5, 5.41) is 17.7. The van der Waals surface area contributed by atoms with Crippen molar-refractivity contribution in [3.05, 3.63) is 188 Å². The fourth-order valence-corrected chi connectivity index (χ4v) is 10.7. The number of anilines is 3. The van der Waals surface area contributed by atoms with Gasteiger partial charge in [0, 0.05) is 60.2 Å². The van der Waals surface area contributed by atoms with Crippen LogP contribution in [0.2, 0.25) is 0 Å². The monoisotopic (exact) mass is 847 g/mol. The van der Waals surface area contributed by atoms with E-state index in [0.29, 0.717) is 5.92 Å². The predicted octanol–water partition coefficient (Wildman–Crippen LogP) is 18.5. The first-order chi connectivity index (χ1) is 32.5. The van der Waals surface area contributed by atoms with E-state index in [4.69, 9.17) is 17.7 Å². The van der Waals surface area contributed by atoms with E-state index in [0.717, 1.165) is 137 Å². The molecule has 15 aromatic rings. The number of nitrogens with zero attached hydrogens (tertiary/aromatic N) is 1. The van der Waals surface area contributed by atoms with Crippen LogP contribution in [0.15, 0.2) is 200 Å². The molecule has 66 heavy (non-hydrogen) atoms. The second kappa shape index (κ2) is 13.0. The topological polar surface area (TPSA) is 55.8 Å². The molecule has 0 atom stereocenters. The van der Waals surface area contributed by atoms with Crippen molar-refractivity contribution in [1.82, 2.24) is 0 Å². The number of benzene rings is 11. The van der Waals surface area contributed by atoms with E-state index in [1.807, 2.05) is 0 Å². The van der Waals surface area contributed by atoms with Crippen molar-refractivity contribution in [2.75, 3.05) is 4.90 Å². The van der Waals surface area contributed by atoms with Gasteiger partial charge in [0.15, 0.2) is 22.3 Å². The van der Waals surface area contributed by atoms with E-state index in [9.17, 15) is 0 Å². The Morgan fingerprint density at radius 2 is 0.606 bits per heavy atom. The van der Waals surface area contributed by atoms with Gasteiger partial charge in [-0.2, -0.15) is 0 Å². The third-order valence-corrected chi connectivity index (χ3v) is 14.1. The van der Waals surface area contributed by atoms with Gasteiger partial charge in [-0.25, -0.2) is 0 Å². The lowest BCUT2D eigenvalue weighted by Crippen LogP contribution is -2.10. The van der Waals surface area contributed by atoms with E-state index < -0.39 is 0 Å². The molecule has 5 heteroatoms. The third kappa shape index (κ3) is 5.11. The Bertz CT molecular complexity index is 4290.